The van der Waals surface area contributed by atoms with Crippen molar-refractivity contribution in [2.75, 3.05) is 13.6 Å². The second kappa shape index (κ2) is 8.01. The molecule has 27 heavy (non-hydrogen) atoms. The van der Waals surface area contributed by atoms with Gasteiger partial charge in [0, 0.05) is 13.6 Å². The first kappa shape index (κ1) is 18.6. The van der Waals surface area contributed by atoms with Crippen LogP contribution in [0.1, 0.15) is 23.9 Å². The van der Waals surface area contributed by atoms with Crippen LogP contribution in [0.4, 0.5) is 0 Å². The fourth-order valence-corrected chi connectivity index (χ4v) is 3.37. The lowest BCUT2D eigenvalue weighted by Gasteiger charge is -2.20. The summed E-state index contributed by atoms with van der Waals surface area (Å²) < 4.78 is 11.8. The standard InChI is InChI=1S/C19H17N3O4S/c1-12(18(23)22(2)11-5-10-20)25-19(24)15-9-8-14(26-15)17-21-13-6-3-4-7-16(13)27-17/h3-4,6-9,12H,5,11H2,1-2H3/t12-/m0/s1. The maximum absolute atomic E-state index is 12.3. The summed E-state index contributed by atoms with van der Waals surface area (Å²) in [6, 6.07) is 12.8. The smallest absolute Gasteiger partial charge is 0.375 e. The number of hydrogen-bond donors (Lipinski definition) is 0. The number of nitrogens with zero attached hydrogens (tertiary/aromatic N) is 3. The third kappa shape index (κ3) is 4.15. The summed E-state index contributed by atoms with van der Waals surface area (Å²) >= 11 is 1.46. The fraction of sp³-hybridized carbons (Fsp3) is 0.263. The van der Waals surface area contributed by atoms with Gasteiger partial charge in [0.2, 0.25) is 5.76 Å². The van der Waals surface area contributed by atoms with Crippen LogP contribution in [-0.2, 0) is 9.53 Å². The highest BCUT2D eigenvalue weighted by atomic mass is 32.1. The van der Waals surface area contributed by atoms with Crippen LogP contribution in [0, 0.1) is 11.3 Å². The molecule has 2 aromatic heterocycles. The number of esters is 1. The van der Waals surface area contributed by atoms with Crippen LogP contribution < -0.4 is 0 Å². The van der Waals surface area contributed by atoms with Gasteiger partial charge in [0.25, 0.3) is 5.91 Å². The predicted octanol–water partition coefficient (Wildman–Crippen LogP) is 3.47. The first-order valence-corrected chi connectivity index (χ1v) is 9.10. The van der Waals surface area contributed by atoms with Crippen molar-refractivity contribution in [3.05, 3.63) is 42.2 Å². The van der Waals surface area contributed by atoms with Crippen molar-refractivity contribution in [3.63, 3.8) is 0 Å². The van der Waals surface area contributed by atoms with Gasteiger partial charge in [-0.25, -0.2) is 9.78 Å². The molecule has 1 amide bonds. The van der Waals surface area contributed by atoms with Gasteiger partial charge in [-0.2, -0.15) is 5.26 Å². The summed E-state index contributed by atoms with van der Waals surface area (Å²) in [4.78, 5) is 30.2. The van der Waals surface area contributed by atoms with E-state index in [9.17, 15) is 9.59 Å². The third-order valence-corrected chi connectivity index (χ3v) is 4.93. The number of likely N-dealkylation sites (N-methyl/N-ethyl adjacent to an activating group) is 1. The molecular formula is C19H17N3O4S. The minimum absolute atomic E-state index is 0.00332. The zero-order valence-corrected chi connectivity index (χ0v) is 15.7. The van der Waals surface area contributed by atoms with Gasteiger partial charge >= 0.3 is 5.97 Å². The van der Waals surface area contributed by atoms with Crippen molar-refractivity contribution in [3.8, 4) is 16.8 Å². The first-order chi connectivity index (χ1) is 13.0. The molecule has 0 spiro atoms. The second-order valence-corrected chi connectivity index (χ2v) is 6.90. The number of thiazole rings is 1. The van der Waals surface area contributed by atoms with E-state index in [1.54, 1.807) is 13.1 Å². The zero-order chi connectivity index (χ0) is 19.4. The number of carbonyl (C=O) groups excluding carboxylic acids is 2. The van der Waals surface area contributed by atoms with Gasteiger partial charge in [0.05, 0.1) is 22.7 Å². The van der Waals surface area contributed by atoms with E-state index in [0.29, 0.717) is 10.8 Å². The van der Waals surface area contributed by atoms with Crippen LogP contribution in [0.5, 0.6) is 0 Å². The number of fused-ring (bicyclic) bond motifs is 1. The van der Waals surface area contributed by atoms with Crippen molar-refractivity contribution in [1.82, 2.24) is 9.88 Å². The Morgan fingerprint density at radius 3 is 2.85 bits per heavy atom. The van der Waals surface area contributed by atoms with Crippen molar-refractivity contribution >= 4 is 33.4 Å². The highest BCUT2D eigenvalue weighted by molar-refractivity contribution is 7.21. The van der Waals surface area contributed by atoms with Gasteiger partial charge in [0.15, 0.2) is 16.9 Å². The molecule has 0 unspecified atom stereocenters. The van der Waals surface area contributed by atoms with Gasteiger partial charge in [-0.3, -0.25) is 4.79 Å². The minimum Gasteiger partial charge on any atom is -0.447 e. The maximum atomic E-state index is 12.3. The van der Waals surface area contributed by atoms with E-state index in [1.807, 2.05) is 30.3 Å². The van der Waals surface area contributed by atoms with Crippen LogP contribution >= 0.6 is 11.3 Å². The largest absolute Gasteiger partial charge is 0.447 e. The number of rotatable bonds is 6. The molecule has 0 radical (unpaired) electrons. The third-order valence-electron chi connectivity index (χ3n) is 3.88. The molecule has 0 aliphatic carbocycles. The lowest BCUT2D eigenvalue weighted by molar-refractivity contribution is -0.138. The highest BCUT2D eigenvalue weighted by Gasteiger charge is 2.24. The summed E-state index contributed by atoms with van der Waals surface area (Å²) in [5.74, 6) is -0.634. The lowest BCUT2D eigenvalue weighted by atomic mass is 10.3. The molecule has 0 saturated heterocycles. The summed E-state index contributed by atoms with van der Waals surface area (Å²) in [7, 11) is 1.56. The van der Waals surface area contributed by atoms with Crippen molar-refractivity contribution in [2.45, 2.75) is 19.4 Å². The van der Waals surface area contributed by atoms with Gasteiger partial charge in [-0.1, -0.05) is 12.1 Å². The Kier molecular flexibility index (Phi) is 5.52. The molecule has 0 N–H and O–H groups in total. The van der Waals surface area contributed by atoms with Gasteiger partial charge in [0.1, 0.15) is 0 Å². The average Bonchev–Trinajstić information content (AvgIpc) is 3.31. The number of furan rings is 1. The summed E-state index contributed by atoms with van der Waals surface area (Å²) in [6.07, 6.45) is -0.760. The number of benzene rings is 1. The second-order valence-electron chi connectivity index (χ2n) is 5.87. The Morgan fingerprint density at radius 2 is 2.11 bits per heavy atom. The zero-order valence-electron chi connectivity index (χ0n) is 14.8. The maximum Gasteiger partial charge on any atom is 0.375 e. The van der Waals surface area contributed by atoms with Crippen LogP contribution in [-0.4, -0.2) is 41.5 Å². The Morgan fingerprint density at radius 1 is 1.33 bits per heavy atom. The van der Waals surface area contributed by atoms with E-state index in [2.05, 4.69) is 4.98 Å². The molecule has 8 heteroatoms. The topological polar surface area (TPSA) is 96.4 Å². The van der Waals surface area contributed by atoms with E-state index in [1.165, 1.54) is 29.2 Å². The van der Waals surface area contributed by atoms with Crippen LogP contribution in [0.15, 0.2) is 40.8 Å². The summed E-state index contributed by atoms with van der Waals surface area (Å²) in [5, 5.41) is 9.24. The van der Waals surface area contributed by atoms with Gasteiger partial charge in [-0.05, 0) is 31.2 Å². The molecule has 3 rings (SSSR count). The fourth-order valence-electron chi connectivity index (χ4n) is 2.45. The number of hydrogen-bond acceptors (Lipinski definition) is 7. The molecule has 1 atom stereocenters. The molecule has 7 nitrogen and oxygen atoms in total. The normalized spacial score (nSPS) is 11.7. The minimum atomic E-state index is -0.975. The number of nitriles is 1. The Hall–Kier alpha value is -3.18. The quantitative estimate of drug-likeness (QED) is 0.605. The molecule has 0 saturated carbocycles. The van der Waals surface area contributed by atoms with E-state index >= 15 is 0 Å². The molecule has 138 valence electrons. The van der Waals surface area contributed by atoms with Crippen LogP contribution in [0.2, 0.25) is 0 Å². The van der Waals surface area contributed by atoms with E-state index in [0.717, 1.165) is 10.2 Å². The molecule has 0 aliphatic heterocycles. The van der Waals surface area contributed by atoms with E-state index < -0.39 is 12.1 Å². The van der Waals surface area contributed by atoms with Crippen molar-refractivity contribution in [2.24, 2.45) is 0 Å². The molecule has 1 aromatic carbocycles. The molecule has 0 bridgehead atoms. The number of ether oxygens (including phenoxy) is 1. The monoisotopic (exact) mass is 383 g/mol. The molecule has 0 fully saturated rings. The first-order valence-electron chi connectivity index (χ1n) is 8.28. The lowest BCUT2D eigenvalue weighted by Crippen LogP contribution is -2.37. The number of carbonyl (C=O) groups is 2. The molecular weight excluding hydrogens is 366 g/mol. The molecule has 2 heterocycles. The molecule has 3 aromatic rings. The van der Waals surface area contributed by atoms with Gasteiger partial charge in [-0.15, -0.1) is 11.3 Å². The summed E-state index contributed by atoms with van der Waals surface area (Å²) in [5.41, 5.74) is 0.859. The number of amides is 1. The van der Waals surface area contributed by atoms with Crippen molar-refractivity contribution in [1.29, 1.82) is 5.26 Å². The SMILES string of the molecule is C[C@H](OC(=O)c1ccc(-c2nc3ccccc3s2)o1)C(=O)N(C)CCC#N. The Labute approximate surface area is 159 Å². The van der Waals surface area contributed by atoms with Crippen molar-refractivity contribution < 1.29 is 18.7 Å². The Balaban J connectivity index is 1.68. The highest BCUT2D eigenvalue weighted by Crippen LogP contribution is 2.31. The number of para-hydroxylation sites is 1. The van der Waals surface area contributed by atoms with Crippen LogP contribution in [0.3, 0.4) is 0 Å². The molecule has 0 aliphatic rings. The van der Waals surface area contributed by atoms with Gasteiger partial charge < -0.3 is 14.1 Å². The average molecular weight is 383 g/mol. The van der Waals surface area contributed by atoms with Crippen LogP contribution in [0.25, 0.3) is 21.0 Å². The Bertz CT molecular complexity index is 984. The van der Waals surface area contributed by atoms with E-state index in [4.69, 9.17) is 14.4 Å². The predicted molar refractivity (Wildman–Crippen MR) is 100 cm³/mol. The number of aromatic nitrogens is 1. The van der Waals surface area contributed by atoms with E-state index in [-0.39, 0.29) is 24.6 Å². The summed E-state index contributed by atoms with van der Waals surface area (Å²) in [6.45, 7) is 1.76.